The lowest BCUT2D eigenvalue weighted by atomic mass is 10.1. The van der Waals surface area contributed by atoms with Gasteiger partial charge in [-0.2, -0.15) is 0 Å². The third-order valence-electron chi connectivity index (χ3n) is 4.36. The Hall–Kier alpha value is -1.88. The van der Waals surface area contributed by atoms with Crippen LogP contribution in [0, 0.1) is 11.8 Å². The van der Waals surface area contributed by atoms with E-state index in [0.29, 0.717) is 17.9 Å². The normalized spacial score (nSPS) is 17.5. The Kier molecular flexibility index (Phi) is 3.58. The fraction of sp³-hybridized carbons (Fsp3) is 0.412. The van der Waals surface area contributed by atoms with Crippen molar-refractivity contribution in [2.75, 3.05) is 5.32 Å². The second-order valence-corrected chi connectivity index (χ2v) is 7.11. The van der Waals surface area contributed by atoms with Crippen LogP contribution in [-0.2, 0) is 0 Å². The number of hydrogen-bond acceptors (Lipinski definition) is 3. The summed E-state index contributed by atoms with van der Waals surface area (Å²) in [5, 5.41) is 9.07. The van der Waals surface area contributed by atoms with Crippen LogP contribution in [0.25, 0.3) is 10.6 Å². The van der Waals surface area contributed by atoms with Gasteiger partial charge in [0.1, 0.15) is 5.01 Å². The van der Waals surface area contributed by atoms with Crippen molar-refractivity contribution in [2.45, 2.75) is 31.7 Å². The van der Waals surface area contributed by atoms with E-state index in [9.17, 15) is 4.79 Å². The summed E-state index contributed by atoms with van der Waals surface area (Å²) in [4.78, 5) is 16.6. The lowest BCUT2D eigenvalue weighted by molar-refractivity contribution is 0.245. The van der Waals surface area contributed by atoms with Gasteiger partial charge in [0.05, 0.1) is 0 Å². The third kappa shape index (κ3) is 3.14. The average Bonchev–Trinajstić information content (AvgIpc) is 3.45. The molecule has 2 aliphatic carbocycles. The zero-order valence-corrected chi connectivity index (χ0v) is 13.1. The van der Waals surface area contributed by atoms with Gasteiger partial charge < -0.3 is 10.6 Å². The SMILES string of the molecule is O=C(Nc1cccc(-c2nccs2)c1)NC(C1CC1)C1CC1. The molecule has 4 nitrogen and oxygen atoms in total. The van der Waals surface area contributed by atoms with Gasteiger partial charge in [0.2, 0.25) is 0 Å². The van der Waals surface area contributed by atoms with Crippen LogP contribution in [0.5, 0.6) is 0 Å². The maximum Gasteiger partial charge on any atom is 0.319 e. The van der Waals surface area contributed by atoms with Crippen LogP contribution < -0.4 is 10.6 Å². The van der Waals surface area contributed by atoms with E-state index in [1.807, 2.05) is 29.6 Å². The number of anilines is 1. The molecule has 2 fully saturated rings. The molecule has 1 aromatic carbocycles. The number of amides is 2. The maximum absolute atomic E-state index is 12.2. The number of nitrogens with zero attached hydrogens (tertiary/aromatic N) is 1. The largest absolute Gasteiger partial charge is 0.335 e. The van der Waals surface area contributed by atoms with Crippen molar-refractivity contribution >= 4 is 23.1 Å². The lowest BCUT2D eigenvalue weighted by Crippen LogP contribution is -2.40. The molecule has 22 heavy (non-hydrogen) atoms. The Morgan fingerprint density at radius 3 is 2.64 bits per heavy atom. The lowest BCUT2D eigenvalue weighted by Gasteiger charge is -2.18. The summed E-state index contributed by atoms with van der Waals surface area (Å²) < 4.78 is 0. The molecule has 2 aliphatic rings. The number of urea groups is 1. The summed E-state index contributed by atoms with van der Waals surface area (Å²) in [6.07, 6.45) is 6.85. The standard InChI is InChI=1S/C17H19N3OS/c21-17(20-15(11-4-5-11)12-6-7-12)19-14-3-1-2-13(10-14)16-18-8-9-22-16/h1-3,8-12,15H,4-7H2,(H2,19,20,21). The highest BCUT2D eigenvalue weighted by atomic mass is 32.1. The Morgan fingerprint density at radius 2 is 2.00 bits per heavy atom. The van der Waals surface area contributed by atoms with E-state index in [2.05, 4.69) is 15.6 Å². The minimum absolute atomic E-state index is 0.0833. The molecule has 0 radical (unpaired) electrons. The van der Waals surface area contributed by atoms with E-state index in [4.69, 9.17) is 0 Å². The van der Waals surface area contributed by atoms with Crippen molar-refractivity contribution in [3.63, 3.8) is 0 Å². The van der Waals surface area contributed by atoms with E-state index in [0.717, 1.165) is 16.3 Å². The number of carbonyl (C=O) groups is 1. The van der Waals surface area contributed by atoms with E-state index < -0.39 is 0 Å². The second kappa shape index (κ2) is 5.72. The third-order valence-corrected chi connectivity index (χ3v) is 5.18. The number of rotatable bonds is 5. The van der Waals surface area contributed by atoms with Gasteiger partial charge in [0.25, 0.3) is 0 Å². The van der Waals surface area contributed by atoms with Gasteiger partial charge >= 0.3 is 6.03 Å². The molecule has 1 heterocycles. The summed E-state index contributed by atoms with van der Waals surface area (Å²) >= 11 is 1.60. The highest BCUT2D eigenvalue weighted by molar-refractivity contribution is 7.13. The molecule has 0 bridgehead atoms. The van der Waals surface area contributed by atoms with Crippen LogP contribution in [0.1, 0.15) is 25.7 Å². The van der Waals surface area contributed by atoms with Crippen LogP contribution in [0.15, 0.2) is 35.8 Å². The molecule has 4 rings (SSSR count). The number of hydrogen-bond donors (Lipinski definition) is 2. The molecule has 0 saturated heterocycles. The topological polar surface area (TPSA) is 54.0 Å². The molecule has 0 unspecified atom stereocenters. The quantitative estimate of drug-likeness (QED) is 0.872. The molecular formula is C17H19N3OS. The molecule has 1 aromatic heterocycles. The fourth-order valence-electron chi connectivity index (χ4n) is 2.95. The van der Waals surface area contributed by atoms with Crippen LogP contribution in [0.3, 0.4) is 0 Å². The Balaban J connectivity index is 1.42. The summed E-state index contributed by atoms with van der Waals surface area (Å²) in [6.45, 7) is 0. The van der Waals surface area contributed by atoms with E-state index in [1.54, 1.807) is 17.5 Å². The van der Waals surface area contributed by atoms with Crippen LogP contribution >= 0.6 is 11.3 Å². The molecule has 0 atom stereocenters. The molecule has 2 aromatic rings. The predicted molar refractivity (Wildman–Crippen MR) is 88.9 cm³/mol. The average molecular weight is 313 g/mol. The molecule has 2 N–H and O–H groups in total. The minimum atomic E-state index is -0.0833. The van der Waals surface area contributed by atoms with Gasteiger partial charge in [-0.15, -0.1) is 11.3 Å². The van der Waals surface area contributed by atoms with Crippen molar-refractivity contribution in [1.29, 1.82) is 0 Å². The monoisotopic (exact) mass is 313 g/mol. The molecule has 2 amide bonds. The zero-order chi connectivity index (χ0) is 14.9. The van der Waals surface area contributed by atoms with E-state index >= 15 is 0 Å². The van der Waals surface area contributed by atoms with Gasteiger partial charge in [-0.25, -0.2) is 9.78 Å². The van der Waals surface area contributed by atoms with E-state index in [1.165, 1.54) is 25.7 Å². The summed E-state index contributed by atoms with van der Waals surface area (Å²) in [7, 11) is 0. The highest BCUT2D eigenvalue weighted by Gasteiger charge is 2.42. The molecular weight excluding hydrogens is 294 g/mol. The van der Waals surface area contributed by atoms with Crippen molar-refractivity contribution in [1.82, 2.24) is 10.3 Å². The van der Waals surface area contributed by atoms with Crippen LogP contribution in [0.2, 0.25) is 0 Å². The first kappa shape index (κ1) is 13.8. The van der Waals surface area contributed by atoms with Crippen molar-refractivity contribution in [3.8, 4) is 10.6 Å². The zero-order valence-electron chi connectivity index (χ0n) is 12.3. The highest BCUT2D eigenvalue weighted by Crippen LogP contribution is 2.44. The van der Waals surface area contributed by atoms with Gasteiger partial charge in [-0.05, 0) is 49.7 Å². The van der Waals surface area contributed by atoms with E-state index in [-0.39, 0.29) is 6.03 Å². The smallest absolute Gasteiger partial charge is 0.319 e. The molecule has 5 heteroatoms. The molecule has 2 saturated carbocycles. The molecule has 0 spiro atoms. The number of carbonyl (C=O) groups excluding carboxylic acids is 1. The first-order valence-electron chi connectivity index (χ1n) is 7.87. The van der Waals surface area contributed by atoms with Crippen molar-refractivity contribution in [3.05, 3.63) is 35.8 Å². The number of nitrogens with one attached hydrogen (secondary N) is 2. The number of thiazole rings is 1. The molecule has 0 aliphatic heterocycles. The fourth-order valence-corrected chi connectivity index (χ4v) is 3.58. The van der Waals surface area contributed by atoms with Crippen molar-refractivity contribution in [2.24, 2.45) is 11.8 Å². The summed E-state index contributed by atoms with van der Waals surface area (Å²) in [5.74, 6) is 1.42. The predicted octanol–water partition coefficient (Wildman–Crippen LogP) is 4.12. The van der Waals surface area contributed by atoms with Crippen LogP contribution in [-0.4, -0.2) is 17.1 Å². The summed E-state index contributed by atoms with van der Waals surface area (Å²) in [6, 6.07) is 8.15. The Morgan fingerprint density at radius 1 is 1.23 bits per heavy atom. The number of aromatic nitrogens is 1. The minimum Gasteiger partial charge on any atom is -0.335 e. The van der Waals surface area contributed by atoms with Crippen LogP contribution in [0.4, 0.5) is 10.5 Å². The second-order valence-electron chi connectivity index (χ2n) is 6.22. The van der Waals surface area contributed by atoms with Gasteiger partial charge in [0.15, 0.2) is 0 Å². The summed E-state index contributed by atoms with van der Waals surface area (Å²) in [5.41, 5.74) is 1.85. The first-order chi connectivity index (χ1) is 10.8. The van der Waals surface area contributed by atoms with Gasteiger partial charge in [-0.1, -0.05) is 12.1 Å². The maximum atomic E-state index is 12.2. The Labute approximate surface area is 134 Å². The van der Waals surface area contributed by atoms with Crippen molar-refractivity contribution < 1.29 is 4.79 Å². The first-order valence-corrected chi connectivity index (χ1v) is 8.75. The van der Waals surface area contributed by atoms with Gasteiger partial charge in [-0.3, -0.25) is 0 Å². The number of benzene rings is 1. The Bertz CT molecular complexity index is 650. The molecule has 114 valence electrons. The van der Waals surface area contributed by atoms with Gasteiger partial charge in [0, 0.05) is 28.9 Å².